The first-order chi connectivity index (χ1) is 11.7. The number of likely N-dealkylation sites (tertiary alicyclic amines) is 1. The summed E-state index contributed by atoms with van der Waals surface area (Å²) in [5, 5.41) is 4.41. The Kier molecular flexibility index (Phi) is 5.68. The molecule has 1 N–H and O–H groups in total. The zero-order chi connectivity index (χ0) is 16.9. The average molecular weight is 347 g/mol. The topological polar surface area (TPSA) is 50.3 Å². The minimum atomic E-state index is 0.352. The molecule has 0 aliphatic carbocycles. The Morgan fingerprint density at radius 2 is 1.92 bits per heavy atom. The quantitative estimate of drug-likeness (QED) is 0.823. The number of benzene rings is 1. The van der Waals surface area contributed by atoms with Crippen LogP contribution in [-0.4, -0.2) is 41.0 Å². The SMILES string of the molecule is COc1ccc(C(CNc2nc(C(C)C)ns2)N2CCCC2)cc1. The summed E-state index contributed by atoms with van der Waals surface area (Å²) in [5.74, 6) is 2.19. The molecule has 1 unspecified atom stereocenters. The molecule has 2 aromatic rings. The lowest BCUT2D eigenvalue weighted by Gasteiger charge is -2.28. The van der Waals surface area contributed by atoms with Crippen molar-refractivity contribution in [2.45, 2.75) is 38.6 Å². The first-order valence-electron chi connectivity index (χ1n) is 8.63. The van der Waals surface area contributed by atoms with Crippen LogP contribution in [0, 0.1) is 0 Å². The van der Waals surface area contributed by atoms with Gasteiger partial charge in [0.1, 0.15) is 11.6 Å². The van der Waals surface area contributed by atoms with Crippen molar-refractivity contribution in [1.82, 2.24) is 14.3 Å². The highest BCUT2D eigenvalue weighted by Crippen LogP contribution is 2.27. The molecule has 0 saturated carbocycles. The van der Waals surface area contributed by atoms with Gasteiger partial charge in [0, 0.05) is 24.0 Å². The van der Waals surface area contributed by atoms with Gasteiger partial charge in [-0.3, -0.25) is 4.90 Å². The minimum Gasteiger partial charge on any atom is -0.497 e. The summed E-state index contributed by atoms with van der Waals surface area (Å²) in [6.45, 7) is 7.41. The lowest BCUT2D eigenvalue weighted by Crippen LogP contribution is -2.31. The third kappa shape index (κ3) is 4.05. The molecule has 0 amide bonds. The number of hydrogen-bond acceptors (Lipinski definition) is 6. The third-order valence-corrected chi connectivity index (χ3v) is 5.17. The van der Waals surface area contributed by atoms with Crippen LogP contribution in [0.2, 0.25) is 0 Å². The van der Waals surface area contributed by atoms with E-state index in [1.807, 2.05) is 12.1 Å². The lowest BCUT2D eigenvalue weighted by atomic mass is 10.1. The van der Waals surface area contributed by atoms with Gasteiger partial charge in [0.2, 0.25) is 5.13 Å². The van der Waals surface area contributed by atoms with Crippen molar-refractivity contribution < 1.29 is 4.74 Å². The normalized spacial score (nSPS) is 16.5. The van der Waals surface area contributed by atoms with Crippen molar-refractivity contribution in [3.05, 3.63) is 35.7 Å². The van der Waals surface area contributed by atoms with Gasteiger partial charge in [0.25, 0.3) is 0 Å². The number of nitrogens with one attached hydrogen (secondary N) is 1. The van der Waals surface area contributed by atoms with Crippen LogP contribution < -0.4 is 10.1 Å². The molecule has 0 bridgehead atoms. The van der Waals surface area contributed by atoms with Crippen molar-refractivity contribution >= 4 is 16.7 Å². The summed E-state index contributed by atoms with van der Waals surface area (Å²) in [6.07, 6.45) is 2.56. The maximum Gasteiger partial charge on any atom is 0.202 e. The summed E-state index contributed by atoms with van der Waals surface area (Å²) >= 11 is 1.45. The van der Waals surface area contributed by atoms with Crippen molar-refractivity contribution in [2.75, 3.05) is 32.1 Å². The largest absolute Gasteiger partial charge is 0.497 e. The van der Waals surface area contributed by atoms with Crippen LogP contribution in [0.5, 0.6) is 5.75 Å². The molecule has 130 valence electrons. The molecule has 3 rings (SSSR count). The molecule has 1 atom stereocenters. The van der Waals surface area contributed by atoms with Crippen LogP contribution in [-0.2, 0) is 0 Å². The smallest absolute Gasteiger partial charge is 0.202 e. The summed E-state index contributed by atoms with van der Waals surface area (Å²) in [4.78, 5) is 7.14. The number of hydrogen-bond donors (Lipinski definition) is 1. The van der Waals surface area contributed by atoms with Gasteiger partial charge < -0.3 is 10.1 Å². The third-order valence-electron chi connectivity index (χ3n) is 4.49. The standard InChI is InChI=1S/C18H26N4OS/c1-13(2)17-20-18(24-21-17)19-12-16(22-10-4-5-11-22)14-6-8-15(23-3)9-7-14/h6-9,13,16H,4-5,10-12H2,1-3H3,(H,19,20,21). The summed E-state index contributed by atoms with van der Waals surface area (Å²) in [5.41, 5.74) is 1.32. The molecule has 1 aliphatic heterocycles. The predicted octanol–water partition coefficient (Wildman–Crippen LogP) is 3.92. The van der Waals surface area contributed by atoms with Gasteiger partial charge in [-0.2, -0.15) is 4.37 Å². The van der Waals surface area contributed by atoms with Gasteiger partial charge in [-0.1, -0.05) is 26.0 Å². The number of anilines is 1. The molecule has 0 spiro atoms. The molecule has 0 radical (unpaired) electrons. The Bertz CT molecular complexity index is 635. The van der Waals surface area contributed by atoms with E-state index in [1.54, 1.807) is 7.11 Å². The van der Waals surface area contributed by atoms with Crippen LogP contribution in [0.3, 0.4) is 0 Å². The Labute approximate surface area is 148 Å². The van der Waals surface area contributed by atoms with Crippen molar-refractivity contribution in [2.24, 2.45) is 0 Å². The van der Waals surface area contributed by atoms with Crippen LogP contribution in [0.25, 0.3) is 0 Å². The average Bonchev–Trinajstić information content (AvgIpc) is 3.27. The van der Waals surface area contributed by atoms with Gasteiger partial charge >= 0.3 is 0 Å². The number of methoxy groups -OCH3 is 1. The Morgan fingerprint density at radius 3 is 2.50 bits per heavy atom. The highest BCUT2D eigenvalue weighted by Gasteiger charge is 2.23. The van der Waals surface area contributed by atoms with Crippen LogP contribution in [0.4, 0.5) is 5.13 Å². The summed E-state index contributed by atoms with van der Waals surface area (Å²) in [6, 6.07) is 8.78. The van der Waals surface area contributed by atoms with Crippen molar-refractivity contribution in [1.29, 1.82) is 0 Å². The molecule has 24 heavy (non-hydrogen) atoms. The molecule has 1 aliphatic rings. The van der Waals surface area contributed by atoms with Gasteiger partial charge in [0.05, 0.1) is 13.2 Å². The zero-order valence-corrected chi connectivity index (χ0v) is 15.5. The van der Waals surface area contributed by atoms with Crippen molar-refractivity contribution in [3.63, 3.8) is 0 Å². The highest BCUT2D eigenvalue weighted by molar-refractivity contribution is 7.09. The van der Waals surface area contributed by atoms with Crippen LogP contribution >= 0.6 is 11.5 Å². The van der Waals surface area contributed by atoms with Gasteiger partial charge in [0.15, 0.2) is 0 Å². The molecular weight excluding hydrogens is 320 g/mol. The van der Waals surface area contributed by atoms with E-state index in [4.69, 9.17) is 4.74 Å². The van der Waals surface area contributed by atoms with E-state index in [9.17, 15) is 0 Å². The van der Waals surface area contributed by atoms with Crippen LogP contribution in [0.1, 0.15) is 50.0 Å². The van der Waals surface area contributed by atoms with Gasteiger partial charge in [-0.15, -0.1) is 0 Å². The Hall–Kier alpha value is -1.66. The second kappa shape index (κ2) is 7.94. The highest BCUT2D eigenvalue weighted by atomic mass is 32.1. The fraction of sp³-hybridized carbons (Fsp3) is 0.556. The number of rotatable bonds is 7. The van der Waals surface area contributed by atoms with Crippen LogP contribution in [0.15, 0.2) is 24.3 Å². The van der Waals surface area contributed by atoms with E-state index < -0.39 is 0 Å². The number of aromatic nitrogens is 2. The molecule has 2 heterocycles. The molecule has 5 nitrogen and oxygen atoms in total. The fourth-order valence-corrected chi connectivity index (χ4v) is 3.78. The minimum absolute atomic E-state index is 0.352. The Morgan fingerprint density at radius 1 is 1.21 bits per heavy atom. The Balaban J connectivity index is 1.71. The van der Waals surface area contributed by atoms with Crippen molar-refractivity contribution in [3.8, 4) is 5.75 Å². The predicted molar refractivity (Wildman–Crippen MR) is 99.0 cm³/mol. The summed E-state index contributed by atoms with van der Waals surface area (Å²) < 4.78 is 9.71. The lowest BCUT2D eigenvalue weighted by molar-refractivity contribution is 0.256. The summed E-state index contributed by atoms with van der Waals surface area (Å²) in [7, 11) is 1.70. The van der Waals surface area contributed by atoms with E-state index in [2.05, 4.69) is 45.6 Å². The molecule has 1 saturated heterocycles. The fourth-order valence-electron chi connectivity index (χ4n) is 3.06. The second-order valence-electron chi connectivity index (χ2n) is 6.53. The van der Waals surface area contributed by atoms with E-state index in [0.29, 0.717) is 12.0 Å². The maximum absolute atomic E-state index is 5.28. The zero-order valence-electron chi connectivity index (χ0n) is 14.7. The van der Waals surface area contributed by atoms with E-state index in [0.717, 1.165) is 36.3 Å². The number of ether oxygens (including phenoxy) is 1. The van der Waals surface area contributed by atoms with E-state index in [-0.39, 0.29) is 0 Å². The molecule has 1 fully saturated rings. The van der Waals surface area contributed by atoms with Gasteiger partial charge in [-0.05, 0) is 43.6 Å². The molecule has 1 aromatic carbocycles. The first-order valence-corrected chi connectivity index (χ1v) is 9.40. The van der Waals surface area contributed by atoms with E-state index in [1.165, 1.54) is 29.9 Å². The molecule has 1 aromatic heterocycles. The number of nitrogens with zero attached hydrogens (tertiary/aromatic N) is 3. The molecular formula is C18H26N4OS. The van der Waals surface area contributed by atoms with Gasteiger partial charge in [-0.25, -0.2) is 4.98 Å². The van der Waals surface area contributed by atoms with E-state index >= 15 is 0 Å². The molecule has 6 heteroatoms. The first kappa shape index (κ1) is 17.2. The maximum atomic E-state index is 5.28. The second-order valence-corrected chi connectivity index (χ2v) is 7.28. The monoisotopic (exact) mass is 346 g/mol.